The van der Waals surface area contributed by atoms with Gasteiger partial charge in [0.05, 0.1) is 0 Å². The van der Waals surface area contributed by atoms with E-state index in [-0.39, 0.29) is 37.5 Å². The average Bonchev–Trinajstić information content (AvgIpc) is 3.49. The minimum atomic E-state index is -0.818. The molecule has 472 valence electrons. The maximum absolute atomic E-state index is 12.9. The SMILES string of the molecule is CC/C=C\C/C=C\C/C=C\C/C=C\C/C=C\CCCCCCCCCC(=O)OC(COC(=O)CC/C=C\C/C=C\C/C=C\C/C=C\CC)COC(=O)CCCCCCCCCCCCCCCCCCC/C=C\C/C=C\CCCCCCC. The summed E-state index contributed by atoms with van der Waals surface area (Å²) in [6, 6.07) is 0. The summed E-state index contributed by atoms with van der Waals surface area (Å²) >= 11 is 0. The Morgan fingerprint density at radius 1 is 0.253 bits per heavy atom. The van der Waals surface area contributed by atoms with Crippen molar-refractivity contribution in [3.8, 4) is 0 Å². The average molecular weight is 1150 g/mol. The molecule has 0 radical (unpaired) electrons. The first-order valence-corrected chi connectivity index (χ1v) is 34.7. The van der Waals surface area contributed by atoms with Gasteiger partial charge in [-0.05, 0) is 122 Å². The van der Waals surface area contributed by atoms with Crippen LogP contribution < -0.4 is 0 Å². The van der Waals surface area contributed by atoms with Gasteiger partial charge in [0.25, 0.3) is 0 Å². The largest absolute Gasteiger partial charge is 0.462 e. The fraction of sp³-hybridized carbons (Fsp3) is 0.675. The molecular weight excluding hydrogens is 1020 g/mol. The van der Waals surface area contributed by atoms with Crippen molar-refractivity contribution in [2.24, 2.45) is 0 Å². The van der Waals surface area contributed by atoms with Gasteiger partial charge in [0.1, 0.15) is 13.2 Å². The lowest BCUT2D eigenvalue weighted by Gasteiger charge is -2.18. The van der Waals surface area contributed by atoms with Crippen molar-refractivity contribution in [1.82, 2.24) is 0 Å². The highest BCUT2D eigenvalue weighted by Gasteiger charge is 2.19. The van der Waals surface area contributed by atoms with Gasteiger partial charge in [-0.25, -0.2) is 0 Å². The van der Waals surface area contributed by atoms with E-state index >= 15 is 0 Å². The predicted molar refractivity (Wildman–Crippen MR) is 362 cm³/mol. The molecule has 0 aliphatic heterocycles. The molecule has 6 nitrogen and oxygen atoms in total. The lowest BCUT2D eigenvalue weighted by atomic mass is 10.0. The zero-order valence-electron chi connectivity index (χ0n) is 54.2. The van der Waals surface area contributed by atoms with Crippen LogP contribution in [0.5, 0.6) is 0 Å². The Kier molecular flexibility index (Phi) is 66.3. The standard InChI is InChI=1S/C77H128O6/c1-4-7-10-13-16-19-22-25-27-29-31-33-35-36-37-38-39-40-42-43-45-47-49-52-55-58-61-64-67-70-76(79)82-73-74(72-81-75(78)69-66-63-60-57-54-51-24-21-18-15-12-9-6-3)83-77(80)71-68-65-62-59-56-53-50-48-46-44-41-34-32-30-28-26-23-20-17-14-11-8-5-2/h8-9,11-12,17-18,20-22,25-26,28-29,31-32,34,44,46,51,54,60,63,74H,4-7,10,13-16,19,23-24,27,30,33,35-43,45,47-50,52-53,55-59,61-62,64-73H2,1-3H3/b11-8-,12-9-,20-17-,21-18-,25-22-,28-26-,31-29-,34-32-,46-44-,54-51-,63-60-. The number of rotatable bonds is 62. The van der Waals surface area contributed by atoms with Gasteiger partial charge in [0.2, 0.25) is 0 Å². The zero-order chi connectivity index (χ0) is 59.9. The summed E-state index contributed by atoms with van der Waals surface area (Å²) in [5, 5.41) is 0. The fourth-order valence-corrected chi connectivity index (χ4v) is 9.52. The maximum Gasteiger partial charge on any atom is 0.306 e. The van der Waals surface area contributed by atoms with Gasteiger partial charge in [-0.15, -0.1) is 0 Å². The molecule has 0 spiro atoms. The summed E-state index contributed by atoms with van der Waals surface area (Å²) in [5.74, 6) is -0.997. The van der Waals surface area contributed by atoms with Crippen molar-refractivity contribution in [3.05, 3.63) is 134 Å². The maximum atomic E-state index is 12.9. The first-order valence-electron chi connectivity index (χ1n) is 34.7. The number of unbranched alkanes of at least 4 members (excludes halogenated alkanes) is 29. The van der Waals surface area contributed by atoms with Crippen molar-refractivity contribution in [2.75, 3.05) is 13.2 Å². The predicted octanol–water partition coefficient (Wildman–Crippen LogP) is 24.1. The van der Waals surface area contributed by atoms with Gasteiger partial charge >= 0.3 is 17.9 Å². The van der Waals surface area contributed by atoms with E-state index in [0.29, 0.717) is 19.3 Å². The van der Waals surface area contributed by atoms with E-state index in [1.165, 1.54) is 154 Å². The molecule has 0 rings (SSSR count). The van der Waals surface area contributed by atoms with Crippen LogP contribution in [-0.4, -0.2) is 37.2 Å². The number of hydrogen-bond acceptors (Lipinski definition) is 6. The summed E-state index contributed by atoms with van der Waals surface area (Å²) in [4.78, 5) is 38.4. The lowest BCUT2D eigenvalue weighted by molar-refractivity contribution is -0.166. The second-order valence-corrected chi connectivity index (χ2v) is 22.7. The van der Waals surface area contributed by atoms with E-state index in [9.17, 15) is 14.4 Å². The second kappa shape index (κ2) is 70.0. The molecule has 0 aliphatic rings. The molecule has 0 amide bonds. The van der Waals surface area contributed by atoms with E-state index < -0.39 is 6.10 Å². The summed E-state index contributed by atoms with van der Waals surface area (Å²) in [6.45, 7) is 6.35. The number of allylic oxidation sites excluding steroid dienone is 22. The Morgan fingerprint density at radius 3 is 0.807 bits per heavy atom. The third-order valence-electron chi connectivity index (χ3n) is 14.6. The third kappa shape index (κ3) is 68.2. The molecule has 0 heterocycles. The number of carbonyl (C=O) groups excluding carboxylic acids is 3. The van der Waals surface area contributed by atoms with Gasteiger partial charge in [-0.3, -0.25) is 14.4 Å². The molecule has 0 N–H and O–H groups in total. The summed E-state index contributed by atoms with van der Waals surface area (Å²) in [6.07, 6.45) is 99.3. The number of esters is 3. The Morgan fingerprint density at radius 2 is 0.494 bits per heavy atom. The van der Waals surface area contributed by atoms with Gasteiger partial charge in [-0.1, -0.05) is 309 Å². The van der Waals surface area contributed by atoms with Crippen LogP contribution >= 0.6 is 0 Å². The summed E-state index contributed by atoms with van der Waals surface area (Å²) in [5.41, 5.74) is 0. The van der Waals surface area contributed by atoms with E-state index in [4.69, 9.17) is 14.2 Å². The number of carbonyl (C=O) groups is 3. The minimum Gasteiger partial charge on any atom is -0.462 e. The minimum absolute atomic E-state index is 0.107. The smallest absolute Gasteiger partial charge is 0.306 e. The second-order valence-electron chi connectivity index (χ2n) is 22.7. The summed E-state index contributed by atoms with van der Waals surface area (Å²) in [7, 11) is 0. The van der Waals surface area contributed by atoms with Gasteiger partial charge in [0.15, 0.2) is 6.10 Å². The topological polar surface area (TPSA) is 78.9 Å². The Balaban J connectivity index is 4.32. The van der Waals surface area contributed by atoms with Crippen LogP contribution in [0.1, 0.15) is 316 Å². The Bertz CT molecular complexity index is 1750. The van der Waals surface area contributed by atoms with Gasteiger partial charge < -0.3 is 14.2 Å². The van der Waals surface area contributed by atoms with Crippen LogP contribution in [0, 0.1) is 0 Å². The molecule has 83 heavy (non-hydrogen) atoms. The molecular formula is C77H128O6. The molecule has 0 saturated carbocycles. The van der Waals surface area contributed by atoms with Crippen LogP contribution in [0.4, 0.5) is 0 Å². The fourth-order valence-electron chi connectivity index (χ4n) is 9.52. The molecule has 0 saturated heterocycles. The van der Waals surface area contributed by atoms with Crippen LogP contribution in [0.15, 0.2) is 134 Å². The summed E-state index contributed by atoms with van der Waals surface area (Å²) < 4.78 is 16.9. The van der Waals surface area contributed by atoms with Crippen LogP contribution in [-0.2, 0) is 28.6 Å². The van der Waals surface area contributed by atoms with Crippen molar-refractivity contribution >= 4 is 17.9 Å². The first-order chi connectivity index (χ1) is 41.0. The highest BCUT2D eigenvalue weighted by Crippen LogP contribution is 2.17. The van der Waals surface area contributed by atoms with E-state index in [2.05, 4.69) is 148 Å². The van der Waals surface area contributed by atoms with E-state index in [1.54, 1.807) is 0 Å². The third-order valence-corrected chi connectivity index (χ3v) is 14.6. The molecule has 1 unspecified atom stereocenters. The Hall–Kier alpha value is -4.45. The number of ether oxygens (including phenoxy) is 3. The van der Waals surface area contributed by atoms with Crippen molar-refractivity contribution in [2.45, 2.75) is 322 Å². The van der Waals surface area contributed by atoms with Gasteiger partial charge in [0, 0.05) is 19.3 Å². The van der Waals surface area contributed by atoms with Crippen LogP contribution in [0.2, 0.25) is 0 Å². The first kappa shape index (κ1) is 78.5. The highest BCUT2D eigenvalue weighted by atomic mass is 16.6. The normalized spacial score (nSPS) is 13.0. The van der Waals surface area contributed by atoms with Crippen molar-refractivity contribution in [3.63, 3.8) is 0 Å². The molecule has 1 atom stereocenters. The molecule has 0 aromatic carbocycles. The number of hydrogen-bond donors (Lipinski definition) is 0. The Labute approximate surface area is 513 Å². The molecule has 0 bridgehead atoms. The monoisotopic (exact) mass is 1150 g/mol. The molecule has 0 aromatic heterocycles. The van der Waals surface area contributed by atoms with Crippen LogP contribution in [0.25, 0.3) is 0 Å². The van der Waals surface area contributed by atoms with Crippen LogP contribution in [0.3, 0.4) is 0 Å². The van der Waals surface area contributed by atoms with E-state index in [0.717, 1.165) is 116 Å². The lowest BCUT2D eigenvalue weighted by Crippen LogP contribution is -2.30. The van der Waals surface area contributed by atoms with E-state index in [1.807, 2.05) is 6.08 Å². The quantitative estimate of drug-likeness (QED) is 0.0261. The van der Waals surface area contributed by atoms with Crippen molar-refractivity contribution < 1.29 is 28.6 Å². The van der Waals surface area contributed by atoms with Gasteiger partial charge in [-0.2, -0.15) is 0 Å². The zero-order valence-corrected chi connectivity index (χ0v) is 54.2. The molecule has 0 fully saturated rings. The van der Waals surface area contributed by atoms with Crippen molar-refractivity contribution in [1.29, 1.82) is 0 Å². The highest BCUT2D eigenvalue weighted by molar-refractivity contribution is 5.71. The molecule has 0 aromatic rings. The molecule has 0 aliphatic carbocycles. The molecule has 6 heteroatoms.